The van der Waals surface area contributed by atoms with E-state index in [1.165, 1.54) is 5.57 Å². The van der Waals surface area contributed by atoms with Crippen molar-refractivity contribution in [3.05, 3.63) is 23.3 Å². The quantitative estimate of drug-likeness (QED) is 0.755. The van der Waals surface area contributed by atoms with Gasteiger partial charge in [-0.3, -0.25) is 9.59 Å². The second-order valence-corrected chi connectivity index (χ2v) is 9.28. The molecule has 3 rings (SSSR count). The monoisotopic (exact) mass is 417 g/mol. The van der Waals surface area contributed by atoms with Crippen LogP contribution in [0, 0.1) is 5.41 Å². The molecule has 1 aromatic rings. The fraction of sp³-hybridized carbons (Fsp3) is 0.682. The van der Waals surface area contributed by atoms with Gasteiger partial charge in [-0.2, -0.15) is 0 Å². The van der Waals surface area contributed by atoms with Gasteiger partial charge in [-0.15, -0.1) is 0 Å². The summed E-state index contributed by atoms with van der Waals surface area (Å²) in [4.78, 5) is 32.4. The predicted octanol–water partition coefficient (Wildman–Crippen LogP) is 1.34. The van der Waals surface area contributed by atoms with Crippen molar-refractivity contribution in [1.82, 2.24) is 25.1 Å². The van der Waals surface area contributed by atoms with E-state index in [-0.39, 0.29) is 23.7 Å². The number of hydrogen-bond acceptors (Lipinski definition) is 5. The van der Waals surface area contributed by atoms with Gasteiger partial charge in [-0.25, -0.2) is 4.98 Å². The summed E-state index contributed by atoms with van der Waals surface area (Å²) in [6.07, 6.45) is 4.14. The summed E-state index contributed by atoms with van der Waals surface area (Å²) < 4.78 is 7.74. The summed E-state index contributed by atoms with van der Waals surface area (Å²) in [6, 6.07) is -0.600. The van der Waals surface area contributed by atoms with Crippen molar-refractivity contribution in [2.45, 2.75) is 59.2 Å². The van der Waals surface area contributed by atoms with Crippen LogP contribution in [0.25, 0.3) is 5.57 Å². The Morgan fingerprint density at radius 3 is 2.70 bits per heavy atom. The van der Waals surface area contributed by atoms with Crippen molar-refractivity contribution < 1.29 is 14.3 Å². The first-order valence-corrected chi connectivity index (χ1v) is 10.8. The largest absolute Gasteiger partial charge is 0.377 e. The number of imidazole rings is 1. The fourth-order valence-electron chi connectivity index (χ4n) is 4.09. The Hall–Kier alpha value is -2.19. The van der Waals surface area contributed by atoms with Crippen molar-refractivity contribution in [2.24, 2.45) is 5.41 Å². The summed E-state index contributed by atoms with van der Waals surface area (Å²) in [5.41, 5.74) is 2.70. The Balaban J connectivity index is 1.88. The summed E-state index contributed by atoms with van der Waals surface area (Å²) in [5, 5.41) is 5.58. The zero-order valence-electron chi connectivity index (χ0n) is 18.9. The predicted molar refractivity (Wildman–Crippen MR) is 116 cm³/mol. The minimum Gasteiger partial charge on any atom is -0.377 e. The minimum absolute atomic E-state index is 0.163. The Morgan fingerprint density at radius 1 is 1.30 bits per heavy atom. The topological polar surface area (TPSA) is 88.5 Å². The molecule has 0 unspecified atom stereocenters. The number of likely N-dealkylation sites (N-methyl/N-ethyl adjacent to an activating group) is 1. The molecule has 1 atom stereocenters. The van der Waals surface area contributed by atoms with E-state index in [4.69, 9.17) is 9.72 Å². The molecule has 0 bridgehead atoms. The van der Waals surface area contributed by atoms with E-state index in [0.717, 1.165) is 49.7 Å². The molecule has 2 aliphatic rings. The third-order valence-corrected chi connectivity index (χ3v) is 5.76. The number of hydrogen-bond donors (Lipinski definition) is 2. The van der Waals surface area contributed by atoms with Gasteiger partial charge in [0.25, 0.3) is 0 Å². The molecule has 166 valence electrons. The second-order valence-electron chi connectivity index (χ2n) is 9.28. The maximum Gasteiger partial charge on any atom is 0.242 e. The zero-order valence-corrected chi connectivity index (χ0v) is 18.9. The van der Waals surface area contributed by atoms with Crippen molar-refractivity contribution in [2.75, 3.05) is 33.9 Å². The molecule has 0 aliphatic carbocycles. The van der Waals surface area contributed by atoms with Crippen LogP contribution in [0.2, 0.25) is 0 Å². The number of rotatable bonds is 5. The average Bonchev–Trinajstić information content (AvgIpc) is 2.89. The van der Waals surface area contributed by atoms with Crippen LogP contribution in [-0.2, 0) is 33.8 Å². The molecule has 0 radical (unpaired) electrons. The molecule has 2 aliphatic heterocycles. The molecular formula is C22H35N5O3. The number of fused-ring (bicyclic) bond motifs is 1. The molecule has 0 saturated carbocycles. The van der Waals surface area contributed by atoms with E-state index in [9.17, 15) is 9.59 Å². The molecule has 30 heavy (non-hydrogen) atoms. The zero-order chi connectivity index (χ0) is 21.9. The third-order valence-electron chi connectivity index (χ3n) is 5.76. The molecule has 8 nitrogen and oxygen atoms in total. The van der Waals surface area contributed by atoms with E-state index < -0.39 is 6.04 Å². The van der Waals surface area contributed by atoms with Crippen LogP contribution in [0.5, 0.6) is 0 Å². The van der Waals surface area contributed by atoms with Crippen LogP contribution < -0.4 is 10.6 Å². The molecule has 0 saturated heterocycles. The molecule has 0 spiro atoms. The van der Waals surface area contributed by atoms with Crippen LogP contribution in [0.1, 0.15) is 50.8 Å². The molecule has 8 heteroatoms. The summed E-state index contributed by atoms with van der Waals surface area (Å²) >= 11 is 0. The number of carbonyl (C=O) groups excluding carboxylic acids is 2. The van der Waals surface area contributed by atoms with E-state index in [0.29, 0.717) is 13.2 Å². The summed E-state index contributed by atoms with van der Waals surface area (Å²) in [5.74, 6) is 0.594. The normalized spacial score (nSPS) is 18.8. The van der Waals surface area contributed by atoms with Crippen molar-refractivity contribution in [3.8, 4) is 0 Å². The lowest BCUT2D eigenvalue weighted by Crippen LogP contribution is -2.53. The average molecular weight is 418 g/mol. The van der Waals surface area contributed by atoms with Crippen LogP contribution >= 0.6 is 0 Å². The molecule has 0 aromatic carbocycles. The van der Waals surface area contributed by atoms with E-state index in [1.807, 2.05) is 20.8 Å². The highest BCUT2D eigenvalue weighted by Crippen LogP contribution is 2.27. The molecular weight excluding hydrogens is 382 g/mol. The highest BCUT2D eigenvalue weighted by Gasteiger charge is 2.33. The van der Waals surface area contributed by atoms with Gasteiger partial charge >= 0.3 is 0 Å². The van der Waals surface area contributed by atoms with Crippen molar-refractivity contribution in [3.63, 3.8) is 0 Å². The van der Waals surface area contributed by atoms with Gasteiger partial charge in [0.05, 0.1) is 31.0 Å². The second kappa shape index (κ2) is 9.31. The standard InChI is InChI=1S/C22H35N5O3/c1-22(2,3)19(21(29)23-4)25-18(28)13-16-17-14-26(5)9-6-10-27(17)20(24-16)15-7-11-30-12-8-15/h7,19H,6,8-14H2,1-5H3,(H,23,29)(H,25,28)/t19-/m1/s1. The number of nitrogens with one attached hydrogen (secondary N) is 2. The number of aromatic nitrogens is 2. The van der Waals surface area contributed by atoms with Crippen LogP contribution in [0.3, 0.4) is 0 Å². The van der Waals surface area contributed by atoms with Crippen molar-refractivity contribution in [1.29, 1.82) is 0 Å². The Labute approximate surface area is 179 Å². The Bertz CT molecular complexity index is 821. The molecule has 2 amide bonds. The van der Waals surface area contributed by atoms with Gasteiger partial charge in [0, 0.05) is 20.1 Å². The number of nitrogens with zero attached hydrogens (tertiary/aromatic N) is 3. The molecule has 1 aromatic heterocycles. The van der Waals surface area contributed by atoms with Crippen LogP contribution in [0.4, 0.5) is 0 Å². The maximum absolute atomic E-state index is 12.9. The lowest BCUT2D eigenvalue weighted by Gasteiger charge is -2.29. The van der Waals surface area contributed by atoms with Crippen molar-refractivity contribution >= 4 is 17.4 Å². The first-order valence-electron chi connectivity index (χ1n) is 10.8. The lowest BCUT2D eigenvalue weighted by atomic mass is 9.86. The van der Waals surface area contributed by atoms with Crippen LogP contribution in [0.15, 0.2) is 6.08 Å². The summed E-state index contributed by atoms with van der Waals surface area (Å²) in [6.45, 7) is 9.80. The molecule has 0 fully saturated rings. The smallest absolute Gasteiger partial charge is 0.242 e. The van der Waals surface area contributed by atoms with Gasteiger partial charge in [-0.1, -0.05) is 26.8 Å². The van der Waals surface area contributed by atoms with E-state index in [1.54, 1.807) is 7.05 Å². The van der Waals surface area contributed by atoms with Gasteiger partial charge in [0.15, 0.2) is 0 Å². The van der Waals surface area contributed by atoms with Gasteiger partial charge in [-0.05, 0) is 37.4 Å². The Morgan fingerprint density at radius 2 is 2.07 bits per heavy atom. The molecule has 2 N–H and O–H groups in total. The number of ether oxygens (including phenoxy) is 1. The van der Waals surface area contributed by atoms with Gasteiger partial charge < -0.3 is 24.8 Å². The minimum atomic E-state index is -0.600. The molecule has 3 heterocycles. The Kier molecular flexibility index (Phi) is 6.98. The number of amides is 2. The highest BCUT2D eigenvalue weighted by molar-refractivity contribution is 5.88. The van der Waals surface area contributed by atoms with Gasteiger partial charge in [0.2, 0.25) is 11.8 Å². The van der Waals surface area contributed by atoms with Gasteiger partial charge in [0.1, 0.15) is 11.9 Å². The first kappa shape index (κ1) is 22.5. The lowest BCUT2D eigenvalue weighted by molar-refractivity contribution is -0.131. The third kappa shape index (κ3) is 5.10. The SMILES string of the molecule is CNC(=O)[C@@H](NC(=O)Cc1nc(C2=CCOCC2)n2c1CN(C)CCC2)C(C)(C)C. The highest BCUT2D eigenvalue weighted by atomic mass is 16.5. The number of carbonyl (C=O) groups is 2. The van der Waals surface area contributed by atoms with Crippen LogP contribution in [-0.4, -0.2) is 66.2 Å². The summed E-state index contributed by atoms with van der Waals surface area (Å²) in [7, 11) is 3.69. The fourth-order valence-corrected chi connectivity index (χ4v) is 4.09. The first-order chi connectivity index (χ1) is 14.2. The van der Waals surface area contributed by atoms with E-state index >= 15 is 0 Å². The van der Waals surface area contributed by atoms with E-state index in [2.05, 4.69) is 33.2 Å². The maximum atomic E-state index is 12.9.